The Kier molecular flexibility index (Phi) is 4.69. The third-order valence-corrected chi connectivity index (χ3v) is 6.03. The minimum atomic E-state index is -0.398. The third kappa shape index (κ3) is 3.30. The number of benzene rings is 3. The van der Waals surface area contributed by atoms with Crippen molar-refractivity contribution in [2.45, 2.75) is 45.8 Å². The molecule has 2 nitrogen and oxygen atoms in total. The van der Waals surface area contributed by atoms with E-state index in [0.717, 1.165) is 5.46 Å². The molecule has 4 rings (SSSR count). The van der Waals surface area contributed by atoms with E-state index in [2.05, 4.69) is 101 Å². The predicted molar refractivity (Wildman–Crippen MR) is 118 cm³/mol. The van der Waals surface area contributed by atoms with E-state index in [9.17, 15) is 0 Å². The van der Waals surface area contributed by atoms with E-state index in [1.807, 2.05) is 6.07 Å². The standard InChI is InChI=1S/C25H27BO2/c1-18-14-16-19(17-15-18)21-12-9-13-22(23(21)20-10-7-6-8-11-20)26-27-24(2,3)25(4,5)28-26/h6-17H,1-5H3. The van der Waals surface area contributed by atoms with Crippen LogP contribution in [0.15, 0.2) is 72.8 Å². The molecule has 0 N–H and O–H groups in total. The Morgan fingerprint density at radius 2 is 1.25 bits per heavy atom. The van der Waals surface area contributed by atoms with Gasteiger partial charge < -0.3 is 9.31 Å². The Bertz CT molecular complexity index is 959. The zero-order valence-corrected chi connectivity index (χ0v) is 17.3. The van der Waals surface area contributed by atoms with Gasteiger partial charge in [-0.3, -0.25) is 0 Å². The van der Waals surface area contributed by atoms with Crippen LogP contribution < -0.4 is 5.46 Å². The van der Waals surface area contributed by atoms with Gasteiger partial charge in [-0.2, -0.15) is 0 Å². The summed E-state index contributed by atoms with van der Waals surface area (Å²) in [4.78, 5) is 0. The van der Waals surface area contributed by atoms with Gasteiger partial charge in [-0.25, -0.2) is 0 Å². The van der Waals surface area contributed by atoms with Crippen molar-refractivity contribution in [1.29, 1.82) is 0 Å². The molecule has 0 unspecified atom stereocenters. The molecule has 1 aliphatic rings. The molecular weight excluding hydrogens is 343 g/mol. The van der Waals surface area contributed by atoms with Gasteiger partial charge in [-0.05, 0) is 62.3 Å². The molecule has 0 radical (unpaired) electrons. The molecule has 28 heavy (non-hydrogen) atoms. The minimum Gasteiger partial charge on any atom is -0.399 e. The molecule has 3 heteroatoms. The zero-order valence-electron chi connectivity index (χ0n) is 17.3. The Morgan fingerprint density at radius 3 is 1.86 bits per heavy atom. The summed E-state index contributed by atoms with van der Waals surface area (Å²) in [5.41, 5.74) is 6.32. The molecule has 3 aromatic rings. The molecule has 0 atom stereocenters. The SMILES string of the molecule is Cc1ccc(-c2cccc(B3OC(C)(C)C(C)(C)O3)c2-c2ccccc2)cc1. The first-order chi connectivity index (χ1) is 13.3. The van der Waals surface area contributed by atoms with E-state index in [1.54, 1.807) is 0 Å². The number of hydrogen-bond donors (Lipinski definition) is 0. The summed E-state index contributed by atoms with van der Waals surface area (Å²) in [6.45, 7) is 10.5. The molecule has 0 bridgehead atoms. The van der Waals surface area contributed by atoms with Crippen molar-refractivity contribution in [3.05, 3.63) is 78.4 Å². The number of hydrogen-bond acceptors (Lipinski definition) is 2. The van der Waals surface area contributed by atoms with Crippen molar-refractivity contribution in [3.8, 4) is 22.3 Å². The average molecular weight is 370 g/mol. The van der Waals surface area contributed by atoms with Gasteiger partial charge in [0.05, 0.1) is 11.2 Å². The van der Waals surface area contributed by atoms with Crippen molar-refractivity contribution in [2.75, 3.05) is 0 Å². The summed E-state index contributed by atoms with van der Waals surface area (Å²) in [5, 5.41) is 0. The van der Waals surface area contributed by atoms with E-state index in [-0.39, 0.29) is 11.2 Å². The summed E-state index contributed by atoms with van der Waals surface area (Å²) < 4.78 is 12.8. The Hall–Kier alpha value is -2.36. The van der Waals surface area contributed by atoms with E-state index in [0.29, 0.717) is 0 Å². The van der Waals surface area contributed by atoms with Crippen LogP contribution in [-0.4, -0.2) is 18.3 Å². The van der Waals surface area contributed by atoms with Crippen molar-refractivity contribution in [1.82, 2.24) is 0 Å². The number of rotatable bonds is 3. The van der Waals surface area contributed by atoms with Crippen molar-refractivity contribution < 1.29 is 9.31 Å². The van der Waals surface area contributed by atoms with Crippen molar-refractivity contribution >= 4 is 12.6 Å². The highest BCUT2D eigenvalue weighted by molar-refractivity contribution is 6.64. The quantitative estimate of drug-likeness (QED) is 0.557. The van der Waals surface area contributed by atoms with Crippen LogP contribution in [0, 0.1) is 6.92 Å². The first-order valence-electron chi connectivity index (χ1n) is 9.89. The zero-order chi connectivity index (χ0) is 19.9. The van der Waals surface area contributed by atoms with Crippen LogP contribution in [-0.2, 0) is 9.31 Å². The van der Waals surface area contributed by atoms with E-state index in [4.69, 9.17) is 9.31 Å². The maximum absolute atomic E-state index is 6.40. The van der Waals surface area contributed by atoms with E-state index >= 15 is 0 Å². The second-order valence-corrected chi connectivity index (χ2v) is 8.59. The van der Waals surface area contributed by atoms with Crippen LogP contribution in [0.1, 0.15) is 33.3 Å². The van der Waals surface area contributed by atoms with Crippen LogP contribution in [0.3, 0.4) is 0 Å². The van der Waals surface area contributed by atoms with E-state index in [1.165, 1.54) is 27.8 Å². The average Bonchev–Trinajstić information content (AvgIpc) is 2.90. The lowest BCUT2D eigenvalue weighted by Crippen LogP contribution is -2.41. The highest BCUT2D eigenvalue weighted by atomic mass is 16.7. The van der Waals surface area contributed by atoms with Gasteiger partial charge in [0.2, 0.25) is 0 Å². The highest BCUT2D eigenvalue weighted by Gasteiger charge is 2.52. The summed E-state index contributed by atoms with van der Waals surface area (Å²) in [6, 6.07) is 25.6. The van der Waals surface area contributed by atoms with Gasteiger partial charge in [0.15, 0.2) is 0 Å². The first kappa shape index (κ1) is 19.0. The normalized spacial score (nSPS) is 17.7. The molecule has 0 aromatic heterocycles. The Morgan fingerprint density at radius 1 is 0.643 bits per heavy atom. The van der Waals surface area contributed by atoms with Crippen molar-refractivity contribution in [2.24, 2.45) is 0 Å². The van der Waals surface area contributed by atoms with Gasteiger partial charge >= 0.3 is 7.12 Å². The molecule has 1 heterocycles. The summed E-state index contributed by atoms with van der Waals surface area (Å²) in [7, 11) is -0.398. The molecule has 142 valence electrons. The fourth-order valence-corrected chi connectivity index (χ4v) is 3.64. The molecule has 0 amide bonds. The monoisotopic (exact) mass is 370 g/mol. The van der Waals surface area contributed by atoms with Gasteiger partial charge in [0.1, 0.15) is 0 Å². The molecule has 0 saturated carbocycles. The van der Waals surface area contributed by atoms with Crippen LogP contribution in [0.5, 0.6) is 0 Å². The van der Waals surface area contributed by atoms with Crippen molar-refractivity contribution in [3.63, 3.8) is 0 Å². The second-order valence-electron chi connectivity index (χ2n) is 8.59. The predicted octanol–water partition coefficient (Wildman–Crippen LogP) is 5.63. The van der Waals surface area contributed by atoms with E-state index < -0.39 is 7.12 Å². The third-order valence-electron chi connectivity index (χ3n) is 6.03. The molecule has 3 aromatic carbocycles. The largest absolute Gasteiger partial charge is 0.495 e. The lowest BCUT2D eigenvalue weighted by atomic mass is 9.72. The molecule has 0 aliphatic carbocycles. The fraction of sp³-hybridized carbons (Fsp3) is 0.280. The topological polar surface area (TPSA) is 18.5 Å². The smallest absolute Gasteiger partial charge is 0.399 e. The van der Waals surface area contributed by atoms with Gasteiger partial charge in [-0.15, -0.1) is 0 Å². The van der Waals surface area contributed by atoms with Crippen LogP contribution >= 0.6 is 0 Å². The minimum absolute atomic E-state index is 0.370. The van der Waals surface area contributed by atoms with Gasteiger partial charge in [0, 0.05) is 0 Å². The molecule has 1 fully saturated rings. The van der Waals surface area contributed by atoms with Crippen LogP contribution in [0.4, 0.5) is 0 Å². The summed E-state index contributed by atoms with van der Waals surface area (Å²) in [6.07, 6.45) is 0. The molecular formula is C25H27BO2. The van der Waals surface area contributed by atoms with Crippen LogP contribution in [0.2, 0.25) is 0 Å². The van der Waals surface area contributed by atoms with Crippen LogP contribution in [0.25, 0.3) is 22.3 Å². The second kappa shape index (κ2) is 6.91. The van der Waals surface area contributed by atoms with Gasteiger partial charge in [0.25, 0.3) is 0 Å². The van der Waals surface area contributed by atoms with Gasteiger partial charge in [-0.1, -0.05) is 78.4 Å². The highest BCUT2D eigenvalue weighted by Crippen LogP contribution is 2.39. The summed E-state index contributed by atoms with van der Waals surface area (Å²) in [5.74, 6) is 0. The molecule has 1 saturated heterocycles. The Balaban J connectivity index is 1.90. The lowest BCUT2D eigenvalue weighted by Gasteiger charge is -2.32. The lowest BCUT2D eigenvalue weighted by molar-refractivity contribution is 0.00578. The molecule has 0 spiro atoms. The molecule has 1 aliphatic heterocycles. The fourth-order valence-electron chi connectivity index (χ4n) is 3.64. The summed E-state index contributed by atoms with van der Waals surface area (Å²) >= 11 is 0. The number of aryl methyl sites for hydroxylation is 1. The first-order valence-corrected chi connectivity index (χ1v) is 9.89. The Labute approximate surface area is 168 Å². The maximum atomic E-state index is 6.40. The maximum Gasteiger partial charge on any atom is 0.495 e.